The Morgan fingerprint density at radius 3 is 2.49 bits per heavy atom. The van der Waals surface area contributed by atoms with E-state index in [1.165, 1.54) is 13.3 Å². The highest BCUT2D eigenvalue weighted by Crippen LogP contribution is 2.30. The van der Waals surface area contributed by atoms with E-state index in [4.69, 9.17) is 55.9 Å². The molecule has 35 heavy (non-hydrogen) atoms. The highest BCUT2D eigenvalue weighted by molar-refractivity contribution is 6.44. The van der Waals surface area contributed by atoms with Crippen LogP contribution < -0.4 is 20.2 Å². The van der Waals surface area contributed by atoms with Crippen molar-refractivity contribution in [3.05, 3.63) is 85.8 Å². The molecule has 0 aliphatic rings. The molecule has 0 aliphatic heterocycles. The maximum absolute atomic E-state index is 12.1. The van der Waals surface area contributed by atoms with Gasteiger partial charge in [-0.2, -0.15) is 5.10 Å². The largest absolute Gasteiger partial charge is 0.493 e. The Balaban J connectivity index is 1.54. The smallest absolute Gasteiger partial charge is 0.249 e. The molecular formula is C24H19Cl4N3O4. The average Bonchev–Trinajstić information content (AvgIpc) is 2.82. The molecule has 0 fully saturated rings. The van der Waals surface area contributed by atoms with E-state index in [1.54, 1.807) is 54.6 Å². The van der Waals surface area contributed by atoms with Gasteiger partial charge < -0.3 is 14.8 Å². The Kier molecular flexibility index (Phi) is 9.63. The zero-order valence-corrected chi connectivity index (χ0v) is 21.3. The van der Waals surface area contributed by atoms with Crippen LogP contribution in [0, 0.1) is 0 Å². The number of methoxy groups -OCH3 is 1. The van der Waals surface area contributed by atoms with Gasteiger partial charge >= 0.3 is 0 Å². The first-order valence-electron chi connectivity index (χ1n) is 10.1. The summed E-state index contributed by atoms with van der Waals surface area (Å²) < 4.78 is 11.2. The maximum atomic E-state index is 12.1. The minimum atomic E-state index is -0.608. The van der Waals surface area contributed by atoms with Gasteiger partial charge in [0, 0.05) is 15.6 Å². The Morgan fingerprint density at radius 1 is 0.943 bits per heavy atom. The molecule has 0 saturated heterocycles. The van der Waals surface area contributed by atoms with Crippen LogP contribution in [0.1, 0.15) is 17.5 Å². The summed E-state index contributed by atoms with van der Waals surface area (Å²) in [4.78, 5) is 24.1. The zero-order chi connectivity index (χ0) is 25.4. The Labute approximate surface area is 221 Å². The third kappa shape index (κ3) is 7.77. The number of nitrogens with one attached hydrogen (secondary N) is 2. The molecule has 182 valence electrons. The Bertz CT molecular complexity index is 1270. The van der Waals surface area contributed by atoms with E-state index < -0.39 is 18.2 Å². The van der Waals surface area contributed by atoms with Crippen LogP contribution in [0.2, 0.25) is 20.1 Å². The number of hydrogen-bond donors (Lipinski definition) is 2. The van der Waals surface area contributed by atoms with Crippen LogP contribution >= 0.6 is 46.4 Å². The first-order valence-corrected chi connectivity index (χ1v) is 11.6. The van der Waals surface area contributed by atoms with Gasteiger partial charge in [-0.3, -0.25) is 9.59 Å². The van der Waals surface area contributed by atoms with Crippen molar-refractivity contribution in [3.63, 3.8) is 0 Å². The van der Waals surface area contributed by atoms with Gasteiger partial charge in [-0.25, -0.2) is 5.43 Å². The van der Waals surface area contributed by atoms with E-state index in [0.717, 1.165) is 5.56 Å². The van der Waals surface area contributed by atoms with Crippen molar-refractivity contribution < 1.29 is 19.1 Å². The molecule has 0 aromatic heterocycles. The summed E-state index contributed by atoms with van der Waals surface area (Å²) in [6.07, 6.45) is 0.954. The monoisotopic (exact) mass is 553 g/mol. The average molecular weight is 555 g/mol. The molecule has 0 atom stereocenters. The molecular weight excluding hydrogens is 536 g/mol. The topological polar surface area (TPSA) is 89.0 Å². The van der Waals surface area contributed by atoms with Gasteiger partial charge in [0.25, 0.3) is 0 Å². The fourth-order valence-electron chi connectivity index (χ4n) is 2.84. The number of hydrogen-bond acceptors (Lipinski definition) is 5. The van der Waals surface area contributed by atoms with Crippen molar-refractivity contribution in [2.24, 2.45) is 5.10 Å². The van der Waals surface area contributed by atoms with Gasteiger partial charge in [0.15, 0.2) is 11.5 Å². The number of hydrazone groups is 1. The molecule has 3 aromatic rings. The van der Waals surface area contributed by atoms with Crippen LogP contribution in [0.3, 0.4) is 0 Å². The van der Waals surface area contributed by atoms with Gasteiger partial charge in [0.2, 0.25) is 11.8 Å². The number of ether oxygens (including phenoxy) is 2. The van der Waals surface area contributed by atoms with E-state index in [-0.39, 0.29) is 11.6 Å². The van der Waals surface area contributed by atoms with Crippen LogP contribution in [-0.2, 0) is 16.2 Å². The van der Waals surface area contributed by atoms with Crippen LogP contribution in [0.15, 0.2) is 59.7 Å². The second-order valence-electron chi connectivity index (χ2n) is 7.05. The predicted molar refractivity (Wildman–Crippen MR) is 139 cm³/mol. The van der Waals surface area contributed by atoms with Crippen LogP contribution in [0.25, 0.3) is 0 Å². The first-order chi connectivity index (χ1) is 16.8. The summed E-state index contributed by atoms with van der Waals surface area (Å²) in [6.45, 7) is 0.221. The van der Waals surface area contributed by atoms with Crippen molar-refractivity contribution in [2.75, 3.05) is 12.4 Å². The molecule has 0 radical (unpaired) electrons. The lowest BCUT2D eigenvalue weighted by molar-refractivity contribution is -0.126. The van der Waals surface area contributed by atoms with Crippen molar-refractivity contribution >= 4 is 70.1 Å². The molecule has 3 aromatic carbocycles. The molecule has 0 heterocycles. The predicted octanol–water partition coefficient (Wildman–Crippen LogP) is 6.37. The van der Waals surface area contributed by atoms with Crippen molar-refractivity contribution in [3.8, 4) is 11.5 Å². The van der Waals surface area contributed by atoms with E-state index in [0.29, 0.717) is 37.8 Å². The molecule has 0 unspecified atom stereocenters. The molecule has 2 N–H and O–H groups in total. The quantitative estimate of drug-likeness (QED) is 0.183. The van der Waals surface area contributed by atoms with E-state index in [2.05, 4.69) is 15.8 Å². The lowest BCUT2D eigenvalue weighted by Crippen LogP contribution is -2.24. The standard InChI is InChI=1S/C24H19Cl4N3O4/c1-34-21-9-14(5-8-20(21)35-13-15-6-7-16(25)10-18(15)27)12-29-31-23(33)11-22(32)30-19-4-2-3-17(26)24(19)28/h2-10,12H,11,13H2,1H3,(H,30,32)(H,31,33). The second-order valence-corrected chi connectivity index (χ2v) is 8.68. The number of amides is 2. The number of anilines is 1. The minimum absolute atomic E-state index is 0.193. The molecule has 0 aliphatic carbocycles. The number of carbonyl (C=O) groups excluding carboxylic acids is 2. The van der Waals surface area contributed by atoms with E-state index in [9.17, 15) is 9.59 Å². The lowest BCUT2D eigenvalue weighted by atomic mass is 10.2. The number of halogens is 4. The van der Waals surface area contributed by atoms with Crippen molar-refractivity contribution in [1.29, 1.82) is 0 Å². The van der Waals surface area contributed by atoms with Gasteiger partial charge in [-0.15, -0.1) is 0 Å². The molecule has 3 rings (SSSR count). The summed E-state index contributed by atoms with van der Waals surface area (Å²) in [6, 6.07) is 15.1. The van der Waals surface area contributed by atoms with Gasteiger partial charge in [0.05, 0.1) is 29.1 Å². The van der Waals surface area contributed by atoms with Crippen LogP contribution in [-0.4, -0.2) is 25.1 Å². The summed E-state index contributed by atoms with van der Waals surface area (Å²) in [5.74, 6) is -0.214. The third-order valence-corrected chi connectivity index (χ3v) is 5.94. The molecule has 0 spiro atoms. The third-order valence-electron chi connectivity index (χ3n) is 4.54. The first kappa shape index (κ1) is 26.6. The van der Waals surface area contributed by atoms with E-state index in [1.807, 2.05) is 0 Å². The highest BCUT2D eigenvalue weighted by atomic mass is 35.5. The SMILES string of the molecule is COc1cc(C=NNC(=O)CC(=O)Nc2cccc(Cl)c2Cl)ccc1OCc1ccc(Cl)cc1Cl. The molecule has 2 amide bonds. The molecule has 7 nitrogen and oxygen atoms in total. The fourth-order valence-corrected chi connectivity index (χ4v) is 3.65. The van der Waals surface area contributed by atoms with Crippen molar-refractivity contribution in [2.45, 2.75) is 13.0 Å². The second kappa shape index (κ2) is 12.7. The van der Waals surface area contributed by atoms with Gasteiger partial charge in [0.1, 0.15) is 13.0 Å². The van der Waals surface area contributed by atoms with Crippen molar-refractivity contribution in [1.82, 2.24) is 5.43 Å². The summed E-state index contributed by atoms with van der Waals surface area (Å²) in [7, 11) is 1.50. The molecule has 11 heteroatoms. The van der Waals surface area contributed by atoms with Crippen LogP contribution in [0.5, 0.6) is 11.5 Å². The number of carbonyl (C=O) groups is 2. The summed E-state index contributed by atoms with van der Waals surface area (Å²) in [5.41, 5.74) is 4.01. The summed E-state index contributed by atoms with van der Waals surface area (Å²) in [5, 5.41) is 7.93. The van der Waals surface area contributed by atoms with Gasteiger partial charge in [-0.05, 0) is 48.0 Å². The normalized spacial score (nSPS) is 10.8. The minimum Gasteiger partial charge on any atom is -0.493 e. The fraction of sp³-hybridized carbons (Fsp3) is 0.125. The Morgan fingerprint density at radius 2 is 1.74 bits per heavy atom. The highest BCUT2D eigenvalue weighted by Gasteiger charge is 2.12. The molecule has 0 bridgehead atoms. The Hall–Kier alpha value is -2.97. The zero-order valence-electron chi connectivity index (χ0n) is 18.3. The maximum Gasteiger partial charge on any atom is 0.249 e. The number of rotatable bonds is 9. The number of benzene rings is 3. The van der Waals surface area contributed by atoms with E-state index >= 15 is 0 Å². The van der Waals surface area contributed by atoms with Gasteiger partial charge in [-0.1, -0.05) is 58.5 Å². The lowest BCUT2D eigenvalue weighted by Gasteiger charge is -2.12. The number of nitrogens with zero attached hydrogens (tertiary/aromatic N) is 1. The van der Waals surface area contributed by atoms with Crippen LogP contribution in [0.4, 0.5) is 5.69 Å². The summed E-state index contributed by atoms with van der Waals surface area (Å²) >= 11 is 24.0. The molecule has 0 saturated carbocycles.